The first-order valence-corrected chi connectivity index (χ1v) is 2.52. The van der Waals surface area contributed by atoms with E-state index in [2.05, 4.69) is 4.42 Å². The van der Waals surface area contributed by atoms with E-state index in [0.29, 0.717) is 5.56 Å². The molecule has 3 heteroatoms. The Morgan fingerprint density at radius 3 is 2.33 bits per heavy atom. The molecule has 0 atom stereocenters. The van der Waals surface area contributed by atoms with Crippen molar-refractivity contribution in [2.24, 2.45) is 0 Å². The summed E-state index contributed by atoms with van der Waals surface area (Å²) in [5.74, 6) is 0. The number of rotatable bonds is 1. The fourth-order valence-corrected chi connectivity index (χ4v) is 0.594. The maximum atomic E-state index is 11.8. The smallest absolute Gasteiger partial charge is 0.267 e. The molecule has 0 saturated carbocycles. The van der Waals surface area contributed by atoms with E-state index in [1.807, 2.05) is 0 Å². The minimum atomic E-state index is -2.41. The summed E-state index contributed by atoms with van der Waals surface area (Å²) in [5, 5.41) is 0. The molecule has 1 rings (SSSR count). The van der Waals surface area contributed by atoms with Crippen LogP contribution in [0.1, 0.15) is 17.6 Å². The van der Waals surface area contributed by atoms with Crippen molar-refractivity contribution >= 4 is 0 Å². The van der Waals surface area contributed by atoms with Crippen molar-refractivity contribution in [3.63, 3.8) is 0 Å². The van der Waals surface area contributed by atoms with E-state index in [1.165, 1.54) is 6.26 Å². The Morgan fingerprint density at radius 2 is 2.11 bits per heavy atom. The summed E-state index contributed by atoms with van der Waals surface area (Å²) >= 11 is 0. The molecule has 1 heterocycles. The highest BCUT2D eigenvalue weighted by Crippen LogP contribution is 2.22. The van der Waals surface area contributed by atoms with Gasteiger partial charge in [0.05, 0.1) is 18.1 Å². The molecule has 0 saturated heterocycles. The number of furan rings is 1. The average Bonchev–Trinajstić information content (AvgIpc) is 2.13. The van der Waals surface area contributed by atoms with Crippen molar-refractivity contribution < 1.29 is 13.2 Å². The molecule has 9 heavy (non-hydrogen) atoms. The van der Waals surface area contributed by atoms with E-state index in [0.717, 1.165) is 6.26 Å². The minimum absolute atomic E-state index is 0.0185. The van der Waals surface area contributed by atoms with Crippen molar-refractivity contribution in [1.82, 2.24) is 0 Å². The zero-order chi connectivity index (χ0) is 6.85. The van der Waals surface area contributed by atoms with Crippen LogP contribution in [0.3, 0.4) is 0 Å². The lowest BCUT2D eigenvalue weighted by atomic mass is 10.2. The number of hydrogen-bond acceptors (Lipinski definition) is 1. The van der Waals surface area contributed by atoms with Crippen LogP contribution in [-0.4, -0.2) is 0 Å². The van der Waals surface area contributed by atoms with Crippen molar-refractivity contribution in [1.29, 1.82) is 0 Å². The lowest BCUT2D eigenvalue weighted by Gasteiger charge is -1.91. The van der Waals surface area contributed by atoms with E-state index < -0.39 is 6.43 Å². The van der Waals surface area contributed by atoms with Crippen molar-refractivity contribution in [2.75, 3.05) is 0 Å². The Bertz CT molecular complexity index is 193. The molecule has 1 nitrogen and oxygen atoms in total. The Labute approximate surface area is 51.3 Å². The summed E-state index contributed by atoms with van der Waals surface area (Å²) < 4.78 is 28.1. The molecule has 0 radical (unpaired) electrons. The highest BCUT2D eigenvalue weighted by atomic mass is 19.3. The van der Waals surface area contributed by atoms with Crippen LogP contribution < -0.4 is 0 Å². The van der Waals surface area contributed by atoms with Gasteiger partial charge in [0, 0.05) is 0 Å². The third-order valence-corrected chi connectivity index (χ3v) is 1.13. The Balaban J connectivity index is 2.94. The highest BCUT2D eigenvalue weighted by Gasteiger charge is 2.10. The molecular weight excluding hydrogens is 126 g/mol. The molecule has 0 aliphatic heterocycles. The second-order valence-corrected chi connectivity index (χ2v) is 1.81. The number of alkyl halides is 2. The molecule has 1 aromatic rings. The largest absolute Gasteiger partial charge is 0.472 e. The zero-order valence-corrected chi connectivity index (χ0v) is 4.90. The van der Waals surface area contributed by atoms with Gasteiger partial charge in [0.2, 0.25) is 0 Å². The van der Waals surface area contributed by atoms with Crippen LogP contribution in [0.5, 0.6) is 0 Å². The predicted molar refractivity (Wildman–Crippen MR) is 28.4 cm³/mol. The van der Waals surface area contributed by atoms with Crippen LogP contribution >= 0.6 is 0 Å². The summed E-state index contributed by atoms with van der Waals surface area (Å²) in [6, 6.07) is 0. The van der Waals surface area contributed by atoms with E-state index >= 15 is 0 Å². The third-order valence-electron chi connectivity index (χ3n) is 1.13. The fourth-order valence-electron chi connectivity index (χ4n) is 0.594. The molecule has 0 fully saturated rings. The van der Waals surface area contributed by atoms with Gasteiger partial charge in [-0.3, -0.25) is 0 Å². The molecule has 0 bridgehead atoms. The van der Waals surface area contributed by atoms with Gasteiger partial charge < -0.3 is 4.42 Å². The molecule has 0 aliphatic carbocycles. The molecule has 0 spiro atoms. The SMILES string of the molecule is Cc1cocc1C(F)F. The molecule has 1 aromatic heterocycles. The van der Waals surface area contributed by atoms with Gasteiger partial charge in [-0.05, 0) is 12.5 Å². The molecule has 0 N–H and O–H groups in total. The monoisotopic (exact) mass is 132 g/mol. The van der Waals surface area contributed by atoms with Crippen LogP contribution in [-0.2, 0) is 0 Å². The first-order valence-electron chi connectivity index (χ1n) is 2.52. The van der Waals surface area contributed by atoms with Crippen molar-refractivity contribution in [2.45, 2.75) is 13.3 Å². The van der Waals surface area contributed by atoms with Crippen LogP contribution in [0.4, 0.5) is 8.78 Å². The van der Waals surface area contributed by atoms with Gasteiger partial charge in [0.15, 0.2) is 0 Å². The lowest BCUT2D eigenvalue weighted by Crippen LogP contribution is -1.80. The van der Waals surface area contributed by atoms with Gasteiger partial charge in [-0.2, -0.15) is 0 Å². The van der Waals surface area contributed by atoms with Crippen LogP contribution in [0, 0.1) is 6.92 Å². The Morgan fingerprint density at radius 1 is 1.44 bits per heavy atom. The third kappa shape index (κ3) is 1.09. The van der Waals surface area contributed by atoms with E-state index in [-0.39, 0.29) is 5.56 Å². The zero-order valence-electron chi connectivity index (χ0n) is 4.90. The summed E-state index contributed by atoms with van der Waals surface area (Å²) in [6.07, 6.45) is -0.0367. The Kier molecular flexibility index (Phi) is 1.51. The van der Waals surface area contributed by atoms with E-state index in [4.69, 9.17) is 0 Å². The summed E-state index contributed by atoms with van der Waals surface area (Å²) in [7, 11) is 0. The van der Waals surface area contributed by atoms with Crippen molar-refractivity contribution in [3.8, 4) is 0 Å². The van der Waals surface area contributed by atoms with Gasteiger partial charge in [-0.15, -0.1) is 0 Å². The van der Waals surface area contributed by atoms with Gasteiger partial charge in [-0.1, -0.05) is 0 Å². The molecular formula is C6H6F2O. The molecule has 0 aromatic carbocycles. The standard InChI is InChI=1S/C6H6F2O/c1-4-2-9-3-5(4)6(7)8/h2-3,6H,1H3. The lowest BCUT2D eigenvalue weighted by molar-refractivity contribution is 0.150. The number of halogens is 2. The first kappa shape index (κ1) is 6.26. The average molecular weight is 132 g/mol. The summed E-state index contributed by atoms with van der Waals surface area (Å²) in [6.45, 7) is 1.59. The van der Waals surface area contributed by atoms with Crippen LogP contribution in [0.2, 0.25) is 0 Å². The molecule has 0 amide bonds. The number of aryl methyl sites for hydroxylation is 1. The van der Waals surface area contributed by atoms with Gasteiger partial charge >= 0.3 is 0 Å². The fraction of sp³-hybridized carbons (Fsp3) is 0.333. The van der Waals surface area contributed by atoms with Gasteiger partial charge in [0.1, 0.15) is 0 Å². The molecule has 50 valence electrons. The summed E-state index contributed by atoms with van der Waals surface area (Å²) in [5.41, 5.74) is 0.486. The van der Waals surface area contributed by atoms with Gasteiger partial charge in [-0.25, -0.2) is 8.78 Å². The maximum Gasteiger partial charge on any atom is 0.267 e. The van der Waals surface area contributed by atoms with Crippen molar-refractivity contribution in [3.05, 3.63) is 23.7 Å². The second kappa shape index (κ2) is 2.17. The van der Waals surface area contributed by atoms with E-state index in [9.17, 15) is 8.78 Å². The van der Waals surface area contributed by atoms with Crippen LogP contribution in [0.15, 0.2) is 16.9 Å². The minimum Gasteiger partial charge on any atom is -0.472 e. The molecule has 0 unspecified atom stereocenters. The topological polar surface area (TPSA) is 13.1 Å². The van der Waals surface area contributed by atoms with E-state index in [1.54, 1.807) is 6.92 Å². The molecule has 0 aliphatic rings. The first-order chi connectivity index (χ1) is 4.22. The quantitative estimate of drug-likeness (QED) is 0.572. The predicted octanol–water partition coefficient (Wildman–Crippen LogP) is 2.53. The maximum absolute atomic E-state index is 11.8. The summed E-state index contributed by atoms with van der Waals surface area (Å²) in [4.78, 5) is 0. The van der Waals surface area contributed by atoms with Crippen LogP contribution in [0.25, 0.3) is 0 Å². The number of hydrogen-bond donors (Lipinski definition) is 0. The van der Waals surface area contributed by atoms with Gasteiger partial charge in [0.25, 0.3) is 6.43 Å². The second-order valence-electron chi connectivity index (χ2n) is 1.81. The highest BCUT2D eigenvalue weighted by molar-refractivity contribution is 5.19. The normalized spacial score (nSPS) is 10.7. The Hall–Kier alpha value is -0.860.